The number of carbonyl (C=O) groups is 1. The van der Waals surface area contributed by atoms with Gasteiger partial charge in [-0.05, 0) is 24.6 Å². The molecular weight excluding hydrogens is 214 g/mol. The second kappa shape index (κ2) is 8.33. The summed E-state index contributed by atoms with van der Waals surface area (Å²) >= 11 is 0. The molecule has 0 atom stereocenters. The summed E-state index contributed by atoms with van der Waals surface area (Å²) in [6.45, 7) is 10.0. The zero-order chi connectivity index (χ0) is 13.3. The second-order valence-corrected chi connectivity index (χ2v) is 2.87. The van der Waals surface area contributed by atoms with Gasteiger partial charge in [0.05, 0.1) is 11.0 Å². The number of amides is 1. The molecule has 0 saturated carbocycles. The molecular formula is C13H21N3O. The first-order chi connectivity index (χ1) is 8.29. The van der Waals surface area contributed by atoms with Gasteiger partial charge in [-0.15, -0.1) is 0 Å². The van der Waals surface area contributed by atoms with Crippen LogP contribution in [-0.2, 0) is 4.79 Å². The maximum Gasteiger partial charge on any atom is 0.213 e. The highest BCUT2D eigenvalue weighted by atomic mass is 16.1. The third kappa shape index (κ3) is 4.26. The normalized spacial score (nSPS) is 8.53. The van der Waals surface area contributed by atoms with Crippen molar-refractivity contribution in [1.29, 1.82) is 0 Å². The number of H-pyrrole nitrogens is 1. The molecule has 0 bridgehead atoms. The highest BCUT2D eigenvalue weighted by Crippen LogP contribution is 2.14. The molecule has 0 fully saturated rings. The number of aromatic amines is 1. The zero-order valence-electron chi connectivity index (χ0n) is 11.2. The Morgan fingerprint density at radius 3 is 2.47 bits per heavy atom. The fourth-order valence-electron chi connectivity index (χ4n) is 1.25. The van der Waals surface area contributed by atoms with E-state index in [0.29, 0.717) is 12.4 Å². The molecule has 94 valence electrons. The SMILES string of the molecule is CC.CC.Cc1ccc2nc(NC=O)[nH]c2c1. The van der Waals surface area contributed by atoms with Crippen molar-refractivity contribution in [2.75, 3.05) is 5.32 Å². The number of nitrogens with one attached hydrogen (secondary N) is 2. The van der Waals surface area contributed by atoms with E-state index in [-0.39, 0.29) is 0 Å². The number of hydrogen-bond donors (Lipinski definition) is 2. The van der Waals surface area contributed by atoms with Gasteiger partial charge in [0.15, 0.2) is 0 Å². The fraction of sp³-hybridized carbons (Fsp3) is 0.385. The van der Waals surface area contributed by atoms with Gasteiger partial charge in [-0.25, -0.2) is 4.98 Å². The van der Waals surface area contributed by atoms with Gasteiger partial charge in [-0.3, -0.25) is 10.1 Å². The average molecular weight is 235 g/mol. The number of hydrogen-bond acceptors (Lipinski definition) is 2. The highest BCUT2D eigenvalue weighted by molar-refractivity contribution is 5.80. The van der Waals surface area contributed by atoms with Gasteiger partial charge in [0.2, 0.25) is 12.4 Å². The van der Waals surface area contributed by atoms with Gasteiger partial charge in [0.25, 0.3) is 0 Å². The number of benzene rings is 1. The number of carbonyl (C=O) groups excluding carboxylic acids is 1. The summed E-state index contributed by atoms with van der Waals surface area (Å²) in [5.41, 5.74) is 2.95. The van der Waals surface area contributed by atoms with E-state index in [1.54, 1.807) is 0 Å². The third-order valence-electron chi connectivity index (χ3n) is 1.83. The van der Waals surface area contributed by atoms with Crippen LogP contribution in [0.5, 0.6) is 0 Å². The first kappa shape index (κ1) is 15.2. The molecule has 2 rings (SSSR count). The van der Waals surface area contributed by atoms with E-state index in [2.05, 4.69) is 15.3 Å². The first-order valence-corrected chi connectivity index (χ1v) is 5.96. The standard InChI is InChI=1S/C9H9N3O.2C2H6/c1-6-2-3-7-8(4-6)12-9(11-7)10-5-13;2*1-2/h2-5H,1H3,(H2,10,11,12,13);2*1-2H3. The largest absolute Gasteiger partial charge is 0.324 e. The van der Waals surface area contributed by atoms with Crippen molar-refractivity contribution in [3.8, 4) is 0 Å². The second-order valence-electron chi connectivity index (χ2n) is 2.87. The van der Waals surface area contributed by atoms with Crippen LogP contribution < -0.4 is 5.32 Å². The molecule has 0 radical (unpaired) electrons. The van der Waals surface area contributed by atoms with Gasteiger partial charge in [-0.1, -0.05) is 33.8 Å². The minimum atomic E-state index is 0.482. The lowest BCUT2D eigenvalue weighted by atomic mass is 10.2. The Bertz CT molecular complexity index is 449. The minimum absolute atomic E-state index is 0.482. The molecule has 4 heteroatoms. The Hall–Kier alpha value is -1.84. The molecule has 0 spiro atoms. The fourth-order valence-corrected chi connectivity index (χ4v) is 1.25. The number of rotatable bonds is 2. The molecule has 0 aliphatic rings. The number of imidazole rings is 1. The van der Waals surface area contributed by atoms with Crippen LogP contribution in [0.2, 0.25) is 0 Å². The van der Waals surface area contributed by atoms with Crippen LogP contribution in [0.4, 0.5) is 5.95 Å². The Morgan fingerprint density at radius 1 is 1.24 bits per heavy atom. The summed E-state index contributed by atoms with van der Waals surface area (Å²) in [6.07, 6.45) is 0.602. The quantitative estimate of drug-likeness (QED) is 0.783. The van der Waals surface area contributed by atoms with Crippen molar-refractivity contribution in [3.63, 3.8) is 0 Å². The maximum atomic E-state index is 10.1. The minimum Gasteiger partial charge on any atom is -0.324 e. The van der Waals surface area contributed by atoms with E-state index < -0.39 is 0 Å². The molecule has 1 amide bonds. The molecule has 0 aliphatic heterocycles. The zero-order valence-corrected chi connectivity index (χ0v) is 11.2. The predicted octanol–water partition coefficient (Wildman–Crippen LogP) is 3.49. The van der Waals surface area contributed by atoms with Crippen LogP contribution in [0.25, 0.3) is 11.0 Å². The van der Waals surface area contributed by atoms with Gasteiger partial charge in [-0.2, -0.15) is 0 Å². The van der Waals surface area contributed by atoms with Crippen molar-refractivity contribution in [2.45, 2.75) is 34.6 Å². The molecule has 0 unspecified atom stereocenters. The number of nitrogens with zero attached hydrogens (tertiary/aromatic N) is 1. The summed E-state index contributed by atoms with van der Waals surface area (Å²) in [4.78, 5) is 17.3. The molecule has 1 aromatic carbocycles. The van der Waals surface area contributed by atoms with Crippen LogP contribution in [0, 0.1) is 6.92 Å². The number of aryl methyl sites for hydroxylation is 1. The summed E-state index contributed by atoms with van der Waals surface area (Å²) in [5, 5.41) is 2.47. The van der Waals surface area contributed by atoms with Crippen molar-refractivity contribution < 1.29 is 4.79 Å². The third-order valence-corrected chi connectivity index (χ3v) is 1.83. The molecule has 2 aromatic rings. The molecule has 2 N–H and O–H groups in total. The van der Waals surface area contributed by atoms with E-state index >= 15 is 0 Å². The number of anilines is 1. The van der Waals surface area contributed by atoms with E-state index in [4.69, 9.17) is 0 Å². The Morgan fingerprint density at radius 2 is 1.88 bits per heavy atom. The molecule has 4 nitrogen and oxygen atoms in total. The molecule has 1 aromatic heterocycles. The van der Waals surface area contributed by atoms with Crippen LogP contribution in [-0.4, -0.2) is 16.4 Å². The Kier molecular flexibility index (Phi) is 7.43. The smallest absolute Gasteiger partial charge is 0.213 e. The monoisotopic (exact) mass is 235 g/mol. The first-order valence-electron chi connectivity index (χ1n) is 5.96. The van der Waals surface area contributed by atoms with Crippen LogP contribution in [0.1, 0.15) is 33.3 Å². The van der Waals surface area contributed by atoms with E-state index in [0.717, 1.165) is 16.6 Å². The lowest BCUT2D eigenvalue weighted by Crippen LogP contribution is -1.94. The van der Waals surface area contributed by atoms with E-state index in [1.807, 2.05) is 52.8 Å². The predicted molar refractivity (Wildman–Crippen MR) is 73.2 cm³/mol. The van der Waals surface area contributed by atoms with Gasteiger partial charge in [0, 0.05) is 0 Å². The Balaban J connectivity index is 0.000000581. The lowest BCUT2D eigenvalue weighted by Gasteiger charge is -1.89. The number of aromatic nitrogens is 2. The summed E-state index contributed by atoms with van der Waals surface area (Å²) < 4.78 is 0. The Labute approximate surface area is 102 Å². The maximum absolute atomic E-state index is 10.1. The van der Waals surface area contributed by atoms with Crippen LogP contribution in [0.15, 0.2) is 18.2 Å². The molecule has 1 heterocycles. The van der Waals surface area contributed by atoms with Crippen molar-refractivity contribution in [1.82, 2.24) is 9.97 Å². The molecule has 0 saturated heterocycles. The summed E-state index contributed by atoms with van der Waals surface area (Å²) in [6, 6.07) is 5.88. The molecule has 17 heavy (non-hydrogen) atoms. The summed E-state index contributed by atoms with van der Waals surface area (Å²) in [5.74, 6) is 0.482. The van der Waals surface area contributed by atoms with Crippen molar-refractivity contribution >= 4 is 23.4 Å². The topological polar surface area (TPSA) is 57.8 Å². The van der Waals surface area contributed by atoms with Gasteiger partial charge in [0.1, 0.15) is 0 Å². The highest BCUT2D eigenvalue weighted by Gasteiger charge is 2.00. The van der Waals surface area contributed by atoms with Crippen molar-refractivity contribution in [2.24, 2.45) is 0 Å². The van der Waals surface area contributed by atoms with Gasteiger partial charge < -0.3 is 4.98 Å². The number of fused-ring (bicyclic) bond motifs is 1. The molecule has 0 aliphatic carbocycles. The van der Waals surface area contributed by atoms with Crippen LogP contribution in [0.3, 0.4) is 0 Å². The summed E-state index contributed by atoms with van der Waals surface area (Å²) in [7, 11) is 0. The van der Waals surface area contributed by atoms with Crippen LogP contribution >= 0.6 is 0 Å². The van der Waals surface area contributed by atoms with Crippen molar-refractivity contribution in [3.05, 3.63) is 23.8 Å². The lowest BCUT2D eigenvalue weighted by molar-refractivity contribution is -0.105. The van der Waals surface area contributed by atoms with E-state index in [1.165, 1.54) is 0 Å². The average Bonchev–Trinajstić information content (AvgIpc) is 2.76. The van der Waals surface area contributed by atoms with Gasteiger partial charge >= 0.3 is 0 Å². The van der Waals surface area contributed by atoms with E-state index in [9.17, 15) is 4.79 Å².